The van der Waals surface area contributed by atoms with Crippen LogP contribution in [0.2, 0.25) is 0 Å². The lowest BCUT2D eigenvalue weighted by molar-refractivity contribution is 0.378. The predicted octanol–water partition coefficient (Wildman–Crippen LogP) is 6.98. The molecule has 0 unspecified atom stereocenters. The average Bonchev–Trinajstić information content (AvgIpc) is 2.80. The van der Waals surface area contributed by atoms with Gasteiger partial charge in [0, 0.05) is 42.1 Å². The second-order valence-corrected chi connectivity index (χ2v) is 7.46. The molecule has 1 aliphatic rings. The normalized spacial score (nSPS) is 14.4. The number of piperidine rings is 1. The minimum absolute atomic E-state index is 0.916. The lowest BCUT2D eigenvalue weighted by atomic mass is 9.92. The molecule has 3 heteroatoms. The zero-order valence-corrected chi connectivity index (χ0v) is 18.1. The standard InChI is InChI=1S/C24H27N3.C2H6/c1-3-5-18-11-14-27(15-12-18)21-8-6-20(7-9-21)24-16-19(4-2)22-17-25-13-10-23(22)26-24;1-2/h4,6-10,13,16-18H,2-3,5,11-12,14-15H2,1H3;1-2H3. The number of anilines is 1. The lowest BCUT2D eigenvalue weighted by Crippen LogP contribution is -2.33. The molecule has 1 saturated heterocycles. The second kappa shape index (κ2) is 10.2. The Morgan fingerprint density at radius 3 is 2.48 bits per heavy atom. The summed E-state index contributed by atoms with van der Waals surface area (Å²) < 4.78 is 0. The summed E-state index contributed by atoms with van der Waals surface area (Å²) in [4.78, 5) is 11.6. The first-order chi connectivity index (χ1) is 14.3. The van der Waals surface area contributed by atoms with Gasteiger partial charge in [-0.15, -0.1) is 0 Å². The largest absolute Gasteiger partial charge is 0.372 e. The van der Waals surface area contributed by atoms with Crippen molar-refractivity contribution in [3.8, 4) is 11.3 Å². The molecule has 0 aliphatic carbocycles. The fraction of sp³-hybridized carbons (Fsp3) is 0.385. The summed E-state index contributed by atoms with van der Waals surface area (Å²) in [6.07, 6.45) is 10.8. The molecule has 2 aromatic heterocycles. The highest BCUT2D eigenvalue weighted by Crippen LogP contribution is 2.29. The second-order valence-electron chi connectivity index (χ2n) is 7.46. The van der Waals surface area contributed by atoms with E-state index < -0.39 is 0 Å². The van der Waals surface area contributed by atoms with Gasteiger partial charge in [0.25, 0.3) is 0 Å². The minimum Gasteiger partial charge on any atom is -0.372 e. The molecule has 0 amide bonds. The molecule has 1 fully saturated rings. The van der Waals surface area contributed by atoms with Crippen LogP contribution < -0.4 is 4.90 Å². The number of nitrogens with zero attached hydrogens (tertiary/aromatic N) is 3. The number of pyridine rings is 2. The van der Waals surface area contributed by atoms with Gasteiger partial charge in [-0.05, 0) is 48.6 Å². The Labute approximate surface area is 175 Å². The number of rotatable bonds is 5. The van der Waals surface area contributed by atoms with Gasteiger partial charge in [0.05, 0.1) is 11.2 Å². The molecule has 0 saturated carbocycles. The Kier molecular flexibility index (Phi) is 7.40. The van der Waals surface area contributed by atoms with E-state index in [0.717, 1.165) is 33.6 Å². The van der Waals surface area contributed by atoms with E-state index in [9.17, 15) is 0 Å². The summed E-state index contributed by atoms with van der Waals surface area (Å²) in [5.41, 5.74) is 5.48. The van der Waals surface area contributed by atoms with E-state index in [4.69, 9.17) is 4.98 Å². The van der Waals surface area contributed by atoms with E-state index in [1.54, 1.807) is 6.20 Å². The van der Waals surface area contributed by atoms with E-state index in [1.165, 1.54) is 44.5 Å². The summed E-state index contributed by atoms with van der Waals surface area (Å²) in [6, 6.07) is 12.9. The molecule has 1 aliphatic heterocycles. The molecule has 0 bridgehead atoms. The smallest absolute Gasteiger partial charge is 0.0746 e. The van der Waals surface area contributed by atoms with Gasteiger partial charge in [-0.3, -0.25) is 4.98 Å². The Bertz CT molecular complexity index is 922. The molecule has 4 rings (SSSR count). The van der Waals surface area contributed by atoms with Crippen LogP contribution in [0.3, 0.4) is 0 Å². The first-order valence-corrected chi connectivity index (χ1v) is 11.0. The molecule has 0 N–H and O–H groups in total. The molecule has 152 valence electrons. The zero-order valence-electron chi connectivity index (χ0n) is 18.1. The van der Waals surface area contributed by atoms with Gasteiger partial charge in [0.1, 0.15) is 0 Å². The monoisotopic (exact) mass is 387 g/mol. The predicted molar refractivity (Wildman–Crippen MR) is 126 cm³/mol. The summed E-state index contributed by atoms with van der Waals surface area (Å²) in [5.74, 6) is 0.916. The van der Waals surface area contributed by atoms with Crippen LogP contribution in [0.15, 0.2) is 55.4 Å². The van der Waals surface area contributed by atoms with Gasteiger partial charge >= 0.3 is 0 Å². The van der Waals surface area contributed by atoms with Crippen molar-refractivity contribution < 1.29 is 0 Å². The van der Waals surface area contributed by atoms with Crippen LogP contribution in [-0.2, 0) is 0 Å². The third-order valence-corrected chi connectivity index (χ3v) is 5.70. The van der Waals surface area contributed by atoms with Crippen molar-refractivity contribution in [2.45, 2.75) is 46.5 Å². The summed E-state index contributed by atoms with van der Waals surface area (Å²) in [7, 11) is 0. The zero-order chi connectivity index (χ0) is 20.6. The van der Waals surface area contributed by atoms with Gasteiger partial charge in [-0.1, -0.05) is 58.4 Å². The highest BCUT2D eigenvalue weighted by Gasteiger charge is 2.18. The van der Waals surface area contributed by atoms with Crippen molar-refractivity contribution in [1.29, 1.82) is 0 Å². The van der Waals surface area contributed by atoms with Crippen LogP contribution in [0.25, 0.3) is 28.2 Å². The minimum atomic E-state index is 0.916. The number of aromatic nitrogens is 2. The number of hydrogen-bond donors (Lipinski definition) is 0. The Hall–Kier alpha value is -2.68. The Morgan fingerprint density at radius 2 is 1.83 bits per heavy atom. The SMILES string of the molecule is C=Cc1cc(-c2ccc(N3CCC(CCC)CC3)cc2)nc2ccncc12.CC. The highest BCUT2D eigenvalue weighted by molar-refractivity contribution is 5.89. The van der Waals surface area contributed by atoms with Gasteiger partial charge in [-0.25, -0.2) is 4.98 Å². The Morgan fingerprint density at radius 1 is 1.10 bits per heavy atom. The van der Waals surface area contributed by atoms with E-state index in [2.05, 4.69) is 53.7 Å². The molecular formula is C26H33N3. The fourth-order valence-corrected chi connectivity index (χ4v) is 4.14. The van der Waals surface area contributed by atoms with Crippen molar-refractivity contribution in [3.63, 3.8) is 0 Å². The molecule has 3 aromatic rings. The first kappa shape index (κ1) is 21.0. The number of benzene rings is 1. The van der Waals surface area contributed by atoms with Gasteiger partial charge in [0.2, 0.25) is 0 Å². The third-order valence-electron chi connectivity index (χ3n) is 5.70. The van der Waals surface area contributed by atoms with Crippen LogP contribution >= 0.6 is 0 Å². The fourth-order valence-electron chi connectivity index (χ4n) is 4.14. The van der Waals surface area contributed by atoms with Crippen LogP contribution in [0.1, 0.15) is 52.0 Å². The van der Waals surface area contributed by atoms with Gasteiger partial charge < -0.3 is 4.90 Å². The lowest BCUT2D eigenvalue weighted by Gasteiger charge is -2.33. The molecule has 0 spiro atoms. The topological polar surface area (TPSA) is 29.0 Å². The summed E-state index contributed by atoms with van der Waals surface area (Å²) in [5, 5.41) is 1.04. The molecular weight excluding hydrogens is 354 g/mol. The van der Waals surface area contributed by atoms with Gasteiger partial charge in [0.15, 0.2) is 0 Å². The van der Waals surface area contributed by atoms with E-state index in [1.807, 2.05) is 32.2 Å². The number of hydrogen-bond acceptors (Lipinski definition) is 3. The third kappa shape index (κ3) is 4.84. The quantitative estimate of drug-likeness (QED) is 0.473. The first-order valence-electron chi connectivity index (χ1n) is 11.0. The highest BCUT2D eigenvalue weighted by atomic mass is 15.1. The molecule has 29 heavy (non-hydrogen) atoms. The van der Waals surface area contributed by atoms with Crippen LogP contribution in [-0.4, -0.2) is 23.1 Å². The van der Waals surface area contributed by atoms with E-state index >= 15 is 0 Å². The summed E-state index contributed by atoms with van der Waals surface area (Å²) >= 11 is 0. The van der Waals surface area contributed by atoms with E-state index in [-0.39, 0.29) is 0 Å². The summed E-state index contributed by atoms with van der Waals surface area (Å²) in [6.45, 7) is 12.6. The van der Waals surface area contributed by atoms with Crippen molar-refractivity contribution in [1.82, 2.24) is 9.97 Å². The molecule has 3 nitrogen and oxygen atoms in total. The molecule has 0 atom stereocenters. The average molecular weight is 388 g/mol. The maximum absolute atomic E-state index is 4.83. The van der Waals surface area contributed by atoms with E-state index in [0.29, 0.717) is 0 Å². The van der Waals surface area contributed by atoms with Crippen molar-refractivity contribution in [3.05, 3.63) is 60.9 Å². The van der Waals surface area contributed by atoms with Crippen molar-refractivity contribution in [2.75, 3.05) is 18.0 Å². The van der Waals surface area contributed by atoms with Crippen molar-refractivity contribution >= 4 is 22.7 Å². The molecule has 1 aromatic carbocycles. The van der Waals surface area contributed by atoms with Crippen LogP contribution in [0.4, 0.5) is 5.69 Å². The maximum Gasteiger partial charge on any atom is 0.0746 e. The van der Waals surface area contributed by atoms with Crippen LogP contribution in [0, 0.1) is 5.92 Å². The maximum atomic E-state index is 4.83. The number of fused-ring (bicyclic) bond motifs is 1. The van der Waals surface area contributed by atoms with Gasteiger partial charge in [-0.2, -0.15) is 0 Å². The van der Waals surface area contributed by atoms with Crippen LogP contribution in [0.5, 0.6) is 0 Å². The Balaban J connectivity index is 0.00000117. The van der Waals surface area contributed by atoms with Crippen molar-refractivity contribution in [2.24, 2.45) is 5.92 Å². The molecule has 3 heterocycles. The molecule has 0 radical (unpaired) electrons.